The number of amides is 1. The Kier molecular flexibility index (Phi) is 25.5. The van der Waals surface area contributed by atoms with E-state index >= 15 is 0 Å². The van der Waals surface area contributed by atoms with Gasteiger partial charge in [0.2, 0.25) is 5.91 Å². The van der Waals surface area contributed by atoms with Gasteiger partial charge in [-0.3, -0.25) is 4.79 Å². The summed E-state index contributed by atoms with van der Waals surface area (Å²) in [7, 11) is 0. The van der Waals surface area contributed by atoms with Gasteiger partial charge >= 0.3 is 0 Å². The number of carbonyl (C=O) groups is 1. The number of hydrogen-bond donors (Lipinski definition) is 6. The molecule has 0 aromatic heterocycles. The van der Waals surface area contributed by atoms with Crippen LogP contribution in [0.2, 0.25) is 0 Å². The number of carbonyl (C=O) groups excluding carboxylic acids is 1. The molecule has 0 aromatic rings. The highest BCUT2D eigenvalue weighted by Crippen LogP contribution is 2.36. The smallest absolute Gasteiger partial charge is 0.224 e. The zero-order chi connectivity index (χ0) is 33.1. The molecule has 0 bridgehead atoms. The molecule has 262 valence electrons. The molecule has 0 unspecified atom stereocenters. The van der Waals surface area contributed by atoms with Crippen LogP contribution in [0, 0.1) is 11.8 Å². The zero-order valence-electron chi connectivity index (χ0n) is 28.7. The molecule has 1 fully saturated rings. The Hall–Kier alpha value is -1.51. The van der Waals surface area contributed by atoms with Gasteiger partial charge in [-0.25, -0.2) is 0 Å². The highest BCUT2D eigenvalue weighted by atomic mass is 16.3. The van der Waals surface area contributed by atoms with E-state index in [9.17, 15) is 30.3 Å². The Morgan fingerprint density at radius 2 is 1.33 bits per heavy atom. The molecular formula is C38H69NO6. The first-order chi connectivity index (χ1) is 21.8. The molecule has 1 aliphatic rings. The summed E-state index contributed by atoms with van der Waals surface area (Å²) < 4.78 is 0. The maximum Gasteiger partial charge on any atom is 0.224 e. The van der Waals surface area contributed by atoms with Crippen molar-refractivity contribution in [3.8, 4) is 0 Å². The van der Waals surface area contributed by atoms with E-state index in [2.05, 4.69) is 19.2 Å². The lowest BCUT2D eigenvalue weighted by molar-refractivity contribution is -0.122. The summed E-state index contributed by atoms with van der Waals surface area (Å²) in [5, 5.41) is 54.0. The third-order valence-corrected chi connectivity index (χ3v) is 9.22. The Morgan fingerprint density at radius 1 is 0.756 bits per heavy atom. The van der Waals surface area contributed by atoms with Crippen molar-refractivity contribution in [2.24, 2.45) is 11.8 Å². The maximum absolute atomic E-state index is 12.5. The van der Waals surface area contributed by atoms with E-state index in [1.165, 1.54) is 77.0 Å². The number of rotatable bonds is 28. The summed E-state index contributed by atoms with van der Waals surface area (Å²) in [5.41, 5.74) is 0. The van der Waals surface area contributed by atoms with Gasteiger partial charge in [-0.15, -0.1) is 0 Å². The first-order valence-electron chi connectivity index (χ1n) is 18.5. The van der Waals surface area contributed by atoms with Crippen LogP contribution in [0.1, 0.15) is 149 Å². The molecule has 0 aromatic carbocycles. The van der Waals surface area contributed by atoms with Crippen LogP contribution in [0.3, 0.4) is 0 Å². The monoisotopic (exact) mass is 636 g/mol. The molecule has 1 amide bonds. The van der Waals surface area contributed by atoms with Crippen LogP contribution in [-0.4, -0.2) is 68.5 Å². The summed E-state index contributed by atoms with van der Waals surface area (Å²) in [6.45, 7) is 4.02. The molecule has 0 spiro atoms. The number of aliphatic hydroxyl groups is 5. The minimum absolute atomic E-state index is 0.0912. The first-order valence-corrected chi connectivity index (χ1v) is 18.5. The fraction of sp³-hybridized carbons (Fsp3) is 0.816. The molecular weight excluding hydrogens is 566 g/mol. The summed E-state index contributed by atoms with van der Waals surface area (Å²) >= 11 is 0. The number of nitrogens with one attached hydrogen (secondary N) is 1. The quantitative estimate of drug-likeness (QED) is 0.0404. The molecule has 7 heteroatoms. The second-order valence-corrected chi connectivity index (χ2v) is 13.3. The first kappa shape index (κ1) is 41.5. The lowest BCUT2D eigenvalue weighted by Crippen LogP contribution is -2.44. The fourth-order valence-electron chi connectivity index (χ4n) is 6.26. The van der Waals surface area contributed by atoms with Crippen molar-refractivity contribution in [2.75, 3.05) is 6.61 Å². The lowest BCUT2D eigenvalue weighted by Gasteiger charge is -2.20. The van der Waals surface area contributed by atoms with E-state index in [0.29, 0.717) is 19.3 Å². The van der Waals surface area contributed by atoms with Gasteiger partial charge in [0.05, 0.1) is 37.1 Å². The van der Waals surface area contributed by atoms with Crippen LogP contribution < -0.4 is 5.32 Å². The standard InChI is InChI=1S/C38H69NO6/c1-3-5-7-8-9-10-11-12-13-14-15-16-17-18-20-25-35(42)34(30-40)39-38(45)26-22-21-24-32-33(37(44)29-36(32)43)28-27-31(41)23-19-6-4-2/h20-22,25,27-28,31-37,40-44H,3-19,23-24,26,29-30H2,1-2H3,(H,39,45)/b22-21-,25-20+,28-27+/t31-,32+,33-,34+,35-,36+,37-/m1/s1. The second kappa shape index (κ2) is 27.6. The van der Waals surface area contributed by atoms with E-state index in [1.54, 1.807) is 18.2 Å². The third-order valence-electron chi connectivity index (χ3n) is 9.22. The second-order valence-electron chi connectivity index (χ2n) is 13.3. The van der Waals surface area contributed by atoms with Crippen molar-refractivity contribution in [3.05, 3.63) is 36.5 Å². The van der Waals surface area contributed by atoms with Gasteiger partial charge in [0, 0.05) is 18.8 Å². The van der Waals surface area contributed by atoms with Crippen LogP contribution in [0.15, 0.2) is 36.5 Å². The molecule has 1 aliphatic carbocycles. The molecule has 6 N–H and O–H groups in total. The molecule has 7 atom stereocenters. The lowest BCUT2D eigenvalue weighted by atomic mass is 9.89. The Balaban J connectivity index is 2.25. The minimum Gasteiger partial charge on any atom is -0.394 e. The highest BCUT2D eigenvalue weighted by Gasteiger charge is 2.39. The topological polar surface area (TPSA) is 130 Å². The van der Waals surface area contributed by atoms with Gasteiger partial charge in [0.15, 0.2) is 0 Å². The van der Waals surface area contributed by atoms with Crippen LogP contribution in [0.4, 0.5) is 0 Å². The van der Waals surface area contributed by atoms with Gasteiger partial charge in [-0.2, -0.15) is 0 Å². The van der Waals surface area contributed by atoms with E-state index in [-0.39, 0.29) is 30.8 Å². The SMILES string of the molecule is CCCCCCCCCCCCCCC/C=C/[C@@H](O)[C@H](CO)NC(=O)C/C=C\C[C@H]1[C@@H](/C=C/[C@H](O)CCCCC)[C@H](O)C[C@@H]1O. The van der Waals surface area contributed by atoms with Gasteiger partial charge in [-0.05, 0) is 31.6 Å². The highest BCUT2D eigenvalue weighted by molar-refractivity contribution is 5.77. The van der Waals surface area contributed by atoms with E-state index < -0.39 is 30.5 Å². The maximum atomic E-state index is 12.5. The summed E-state index contributed by atoms with van der Waals surface area (Å²) in [5.74, 6) is -0.738. The molecule has 7 nitrogen and oxygen atoms in total. The van der Waals surface area contributed by atoms with E-state index in [0.717, 1.165) is 32.1 Å². The molecule has 0 aliphatic heterocycles. The van der Waals surface area contributed by atoms with Gasteiger partial charge in [0.25, 0.3) is 0 Å². The number of allylic oxidation sites excluding steroid dienone is 2. The third kappa shape index (κ3) is 20.4. The van der Waals surface area contributed by atoms with Gasteiger partial charge < -0.3 is 30.8 Å². The fourth-order valence-corrected chi connectivity index (χ4v) is 6.26. The van der Waals surface area contributed by atoms with Crippen molar-refractivity contribution in [3.63, 3.8) is 0 Å². The molecule has 0 saturated heterocycles. The van der Waals surface area contributed by atoms with Crippen molar-refractivity contribution in [1.29, 1.82) is 0 Å². The average Bonchev–Trinajstić information content (AvgIpc) is 3.29. The normalized spacial score (nSPS) is 22.6. The van der Waals surface area contributed by atoms with Crippen LogP contribution >= 0.6 is 0 Å². The van der Waals surface area contributed by atoms with Crippen molar-refractivity contribution >= 4 is 5.91 Å². The van der Waals surface area contributed by atoms with E-state index in [1.807, 2.05) is 18.2 Å². The summed E-state index contributed by atoms with van der Waals surface area (Å²) in [6, 6.07) is -0.765. The van der Waals surface area contributed by atoms with Crippen molar-refractivity contribution in [1.82, 2.24) is 5.32 Å². The molecule has 1 rings (SSSR count). The summed E-state index contributed by atoms with van der Waals surface area (Å²) in [4.78, 5) is 12.5. The Labute approximate surface area is 275 Å². The molecule has 0 radical (unpaired) electrons. The predicted octanol–water partition coefficient (Wildman–Crippen LogP) is 7.05. The Morgan fingerprint density at radius 3 is 1.93 bits per heavy atom. The van der Waals surface area contributed by atoms with E-state index in [4.69, 9.17) is 0 Å². The van der Waals surface area contributed by atoms with Crippen LogP contribution in [0.25, 0.3) is 0 Å². The Bertz CT molecular complexity index is 799. The number of hydrogen-bond acceptors (Lipinski definition) is 6. The number of aliphatic hydroxyl groups excluding tert-OH is 5. The predicted molar refractivity (Wildman–Crippen MR) is 186 cm³/mol. The number of unbranched alkanes of at least 4 members (excludes halogenated alkanes) is 15. The van der Waals surface area contributed by atoms with Gasteiger partial charge in [0.1, 0.15) is 0 Å². The largest absolute Gasteiger partial charge is 0.394 e. The van der Waals surface area contributed by atoms with Crippen molar-refractivity contribution in [2.45, 2.75) is 179 Å². The van der Waals surface area contributed by atoms with Crippen molar-refractivity contribution < 1.29 is 30.3 Å². The molecule has 45 heavy (non-hydrogen) atoms. The summed E-state index contributed by atoms with van der Waals surface area (Å²) in [6.07, 6.45) is 30.6. The van der Waals surface area contributed by atoms with Crippen LogP contribution in [0.5, 0.6) is 0 Å². The van der Waals surface area contributed by atoms with Crippen LogP contribution in [-0.2, 0) is 4.79 Å². The molecule has 0 heterocycles. The minimum atomic E-state index is -0.954. The zero-order valence-corrected chi connectivity index (χ0v) is 28.7. The average molecular weight is 636 g/mol. The van der Waals surface area contributed by atoms with Gasteiger partial charge in [-0.1, -0.05) is 147 Å². The molecule has 1 saturated carbocycles.